The number of benzene rings is 4. The van der Waals surface area contributed by atoms with Crippen molar-refractivity contribution in [3.05, 3.63) is 144 Å². The maximum absolute atomic E-state index is 6.94. The molecule has 260 valence electrons. The zero-order valence-corrected chi connectivity index (χ0v) is 30.5. The van der Waals surface area contributed by atoms with Crippen LogP contribution in [0, 0.1) is 5.41 Å². The highest BCUT2D eigenvalue weighted by Gasteiger charge is 2.51. The fraction of sp³-hybridized carbons (Fsp3) is 0.385. The van der Waals surface area contributed by atoms with Gasteiger partial charge >= 0.3 is 0 Å². The predicted octanol–water partition coefficient (Wildman–Crippen LogP) is 8.72. The molecule has 0 saturated carbocycles. The molecule has 2 heterocycles. The first kappa shape index (κ1) is 36.4. The summed E-state index contributed by atoms with van der Waals surface area (Å²) in [7, 11) is 0. The van der Waals surface area contributed by atoms with Crippen LogP contribution in [0.3, 0.4) is 0 Å². The highest BCUT2D eigenvalue weighted by molar-refractivity contribution is 8.68. The van der Waals surface area contributed by atoms with E-state index in [1.165, 1.54) is 11.4 Å². The topological polar surface area (TPSA) is 64.6 Å². The van der Waals surface area contributed by atoms with Gasteiger partial charge in [0.15, 0.2) is 0 Å². The van der Waals surface area contributed by atoms with Gasteiger partial charge in [-0.15, -0.1) is 0 Å². The van der Waals surface area contributed by atoms with Crippen LogP contribution < -0.4 is 0 Å². The number of hydrogen-bond acceptors (Lipinski definition) is 9. The van der Waals surface area contributed by atoms with Crippen molar-refractivity contribution in [1.29, 1.82) is 0 Å². The van der Waals surface area contributed by atoms with E-state index >= 15 is 0 Å². The maximum Gasteiger partial charge on any atom is 0.249 e. The van der Waals surface area contributed by atoms with E-state index in [1.54, 1.807) is 0 Å². The molecule has 6 rings (SSSR count). The molecule has 49 heavy (non-hydrogen) atoms. The Morgan fingerprint density at radius 2 is 1.02 bits per heavy atom. The maximum atomic E-state index is 6.94. The van der Waals surface area contributed by atoms with Crippen LogP contribution in [0.5, 0.6) is 0 Å². The summed E-state index contributed by atoms with van der Waals surface area (Å²) < 4.78 is 46.2. The molecule has 2 aliphatic rings. The van der Waals surface area contributed by atoms with E-state index in [9.17, 15) is 0 Å². The van der Waals surface area contributed by atoms with Crippen molar-refractivity contribution in [3.63, 3.8) is 0 Å². The third kappa shape index (κ3) is 10.8. The van der Waals surface area contributed by atoms with Gasteiger partial charge in [-0.25, -0.2) is 0 Å². The Bertz CT molecular complexity index is 1580. The molecule has 2 fully saturated rings. The lowest BCUT2D eigenvalue weighted by Crippen LogP contribution is -2.60. The first-order valence-corrected chi connectivity index (χ1v) is 20.8. The van der Waals surface area contributed by atoms with Gasteiger partial charge in [0.1, 0.15) is 29.9 Å². The second-order valence-electron chi connectivity index (χ2n) is 13.1. The summed E-state index contributed by atoms with van der Waals surface area (Å²) in [6, 6.07) is 40.5. The Labute approximate surface area is 299 Å². The minimum atomic E-state index is -2.77. The van der Waals surface area contributed by atoms with Crippen LogP contribution in [-0.4, -0.2) is 49.7 Å². The largest absolute Gasteiger partial charge is 0.374 e. The Morgan fingerprint density at radius 3 is 1.49 bits per heavy atom. The lowest BCUT2D eigenvalue weighted by molar-refractivity contribution is -0.254. The second kappa shape index (κ2) is 17.7. The SMILES string of the molecule is CC1(C)COP(=S)(S[C@H]2O[C@H](COCc3ccccc3)[C@@H](OCc3ccccc3)[C@H](OCc3ccccc3)[C@H]2OCc2ccccc2)OC1. The Kier molecular flexibility index (Phi) is 13.1. The van der Waals surface area contributed by atoms with Crippen LogP contribution in [0.25, 0.3) is 0 Å². The normalized spacial score (nSPS) is 24.7. The molecule has 10 heteroatoms. The van der Waals surface area contributed by atoms with E-state index in [1.807, 2.05) is 97.1 Å². The molecular weight excluding hydrogens is 676 g/mol. The molecule has 0 N–H and O–H groups in total. The predicted molar refractivity (Wildman–Crippen MR) is 197 cm³/mol. The van der Waals surface area contributed by atoms with E-state index in [4.69, 9.17) is 44.5 Å². The van der Waals surface area contributed by atoms with Gasteiger partial charge in [0.2, 0.25) is 5.69 Å². The quantitative estimate of drug-likeness (QED) is 0.112. The van der Waals surface area contributed by atoms with Crippen LogP contribution in [0.15, 0.2) is 121 Å². The Hall–Kier alpha value is -2.40. The van der Waals surface area contributed by atoms with Crippen LogP contribution in [0.2, 0.25) is 0 Å². The van der Waals surface area contributed by atoms with Gasteiger partial charge in [-0.3, -0.25) is 0 Å². The molecule has 0 aromatic heterocycles. The van der Waals surface area contributed by atoms with Gasteiger partial charge in [-0.1, -0.05) is 135 Å². The van der Waals surface area contributed by atoms with Crippen molar-refractivity contribution in [1.82, 2.24) is 0 Å². The van der Waals surface area contributed by atoms with Crippen molar-refractivity contribution in [3.8, 4) is 0 Å². The van der Waals surface area contributed by atoms with Crippen LogP contribution >= 0.6 is 17.1 Å². The number of rotatable bonds is 15. The van der Waals surface area contributed by atoms with E-state index < -0.39 is 35.5 Å². The average Bonchev–Trinajstić information content (AvgIpc) is 3.13. The van der Waals surface area contributed by atoms with Gasteiger partial charge < -0.3 is 32.7 Å². The van der Waals surface area contributed by atoms with Gasteiger partial charge in [-0.05, 0) is 45.4 Å². The van der Waals surface area contributed by atoms with Crippen molar-refractivity contribution in [2.45, 2.75) is 70.1 Å². The second-order valence-corrected chi connectivity index (χ2v) is 19.4. The standard InChI is InChI=1S/C39H45O7PS2/c1-39(2)28-44-47(48,45-29-39)49-38-37(43-26-33-21-13-6-14-22-33)36(42-25-32-19-11-5-12-20-32)35(41-24-31-17-9-4-10-18-31)34(46-38)27-40-23-30-15-7-3-8-16-30/h3-22,34-38H,23-29H2,1-2H3/t34-,35-,36+,37-,38-/m1/s1. The van der Waals surface area contributed by atoms with Crippen LogP contribution in [0.1, 0.15) is 36.1 Å². The van der Waals surface area contributed by atoms with Gasteiger partial charge in [-0.2, -0.15) is 0 Å². The summed E-state index contributed by atoms with van der Waals surface area (Å²) in [4.78, 5) is 0. The van der Waals surface area contributed by atoms with Crippen molar-refractivity contribution < 1.29 is 32.7 Å². The molecule has 0 unspecified atom stereocenters. The summed E-state index contributed by atoms with van der Waals surface area (Å²) in [6.07, 6.45) is -2.12. The Balaban J connectivity index is 1.32. The first-order valence-electron chi connectivity index (χ1n) is 16.7. The van der Waals surface area contributed by atoms with Gasteiger partial charge in [0.25, 0.3) is 0 Å². The zero-order valence-electron chi connectivity index (χ0n) is 28.0. The molecule has 0 bridgehead atoms. The van der Waals surface area contributed by atoms with E-state index in [0.717, 1.165) is 22.3 Å². The Morgan fingerprint density at radius 1 is 0.612 bits per heavy atom. The minimum Gasteiger partial charge on any atom is -0.374 e. The van der Waals surface area contributed by atoms with Crippen molar-refractivity contribution >= 4 is 28.9 Å². The smallest absolute Gasteiger partial charge is 0.249 e. The highest BCUT2D eigenvalue weighted by atomic mass is 32.9. The molecule has 7 nitrogen and oxygen atoms in total. The average molecular weight is 721 g/mol. The summed E-state index contributed by atoms with van der Waals surface area (Å²) in [5, 5.41) is 0. The first-order chi connectivity index (χ1) is 23.9. The van der Waals surface area contributed by atoms with Crippen molar-refractivity contribution in [2.75, 3.05) is 19.8 Å². The van der Waals surface area contributed by atoms with Gasteiger partial charge in [0, 0.05) is 5.41 Å². The molecule has 2 saturated heterocycles. The third-order valence-electron chi connectivity index (χ3n) is 8.30. The zero-order chi connectivity index (χ0) is 33.9. The monoisotopic (exact) mass is 720 g/mol. The van der Waals surface area contributed by atoms with Gasteiger partial charge in [0.05, 0.1) is 46.2 Å². The minimum absolute atomic E-state index is 0.120. The van der Waals surface area contributed by atoms with E-state index in [2.05, 4.69) is 38.1 Å². The number of ether oxygens (including phenoxy) is 5. The molecule has 5 atom stereocenters. The molecule has 0 spiro atoms. The fourth-order valence-corrected chi connectivity index (χ4v) is 10.7. The van der Waals surface area contributed by atoms with E-state index in [-0.39, 0.29) is 12.0 Å². The molecular formula is C39H45O7PS2. The molecule has 0 radical (unpaired) electrons. The molecule has 2 aliphatic heterocycles. The third-order valence-corrected chi connectivity index (χ3v) is 13.5. The molecule has 0 amide bonds. The van der Waals surface area contributed by atoms with E-state index in [0.29, 0.717) is 39.6 Å². The summed E-state index contributed by atoms with van der Waals surface area (Å²) in [6.45, 7) is 7.06. The lowest BCUT2D eigenvalue weighted by atomic mass is 9.97. The lowest BCUT2D eigenvalue weighted by Gasteiger charge is -2.47. The fourth-order valence-electron chi connectivity index (χ4n) is 5.61. The molecule has 4 aromatic carbocycles. The molecule has 0 aliphatic carbocycles. The number of hydrogen-bond donors (Lipinski definition) is 0. The van der Waals surface area contributed by atoms with Crippen molar-refractivity contribution in [2.24, 2.45) is 5.41 Å². The summed E-state index contributed by atoms with van der Waals surface area (Å²) >= 11 is 7.48. The highest BCUT2D eigenvalue weighted by Crippen LogP contribution is 2.67. The molecule has 4 aromatic rings. The van der Waals surface area contributed by atoms with Crippen LogP contribution in [0.4, 0.5) is 0 Å². The van der Waals surface area contributed by atoms with Crippen LogP contribution in [-0.2, 0) is 71.0 Å². The summed E-state index contributed by atoms with van der Waals surface area (Å²) in [5.41, 5.74) is 0.751. The summed E-state index contributed by atoms with van der Waals surface area (Å²) in [5.74, 6) is 0.